The van der Waals surface area contributed by atoms with E-state index in [2.05, 4.69) is 15.6 Å². The van der Waals surface area contributed by atoms with Crippen molar-refractivity contribution in [1.29, 1.82) is 0 Å². The third-order valence-corrected chi connectivity index (χ3v) is 4.54. The van der Waals surface area contributed by atoms with Gasteiger partial charge in [0.1, 0.15) is 5.69 Å². The van der Waals surface area contributed by atoms with Crippen molar-refractivity contribution in [2.45, 2.75) is 13.8 Å². The van der Waals surface area contributed by atoms with Gasteiger partial charge >= 0.3 is 0 Å². The lowest BCUT2D eigenvalue weighted by molar-refractivity contribution is 0.100. The zero-order valence-electron chi connectivity index (χ0n) is 14.8. The van der Waals surface area contributed by atoms with Gasteiger partial charge in [0.25, 0.3) is 11.8 Å². The van der Waals surface area contributed by atoms with E-state index in [9.17, 15) is 14.4 Å². The molecule has 3 rings (SSSR count). The van der Waals surface area contributed by atoms with Gasteiger partial charge in [0.2, 0.25) is 0 Å². The Balaban J connectivity index is 1.79. The van der Waals surface area contributed by atoms with Gasteiger partial charge < -0.3 is 5.32 Å². The van der Waals surface area contributed by atoms with Crippen LogP contribution in [0.3, 0.4) is 0 Å². The van der Waals surface area contributed by atoms with Crippen molar-refractivity contribution in [1.82, 2.24) is 4.98 Å². The van der Waals surface area contributed by atoms with E-state index in [0.29, 0.717) is 27.6 Å². The van der Waals surface area contributed by atoms with E-state index >= 15 is 0 Å². The molecule has 3 aromatic rings. The van der Waals surface area contributed by atoms with Gasteiger partial charge in [0, 0.05) is 17.9 Å². The van der Waals surface area contributed by atoms with E-state index in [1.165, 1.54) is 18.3 Å². The first-order valence-corrected chi connectivity index (χ1v) is 9.07. The second-order valence-electron chi connectivity index (χ2n) is 5.92. The Kier molecular flexibility index (Phi) is 5.42. The van der Waals surface area contributed by atoms with Crippen molar-refractivity contribution in [2.24, 2.45) is 0 Å². The number of carbonyl (C=O) groups is 3. The maximum atomic E-state index is 12.6. The molecule has 0 unspecified atom stereocenters. The summed E-state index contributed by atoms with van der Waals surface area (Å²) in [6, 6.07) is 13.9. The highest BCUT2D eigenvalue weighted by atomic mass is 32.1. The van der Waals surface area contributed by atoms with E-state index in [1.807, 2.05) is 13.0 Å². The molecule has 0 atom stereocenters. The van der Waals surface area contributed by atoms with Gasteiger partial charge in [-0.05, 0) is 31.2 Å². The normalized spacial score (nSPS) is 10.3. The summed E-state index contributed by atoms with van der Waals surface area (Å²) in [5, 5.41) is 7.34. The van der Waals surface area contributed by atoms with E-state index in [0.717, 1.165) is 5.56 Å². The maximum absolute atomic E-state index is 12.6. The highest BCUT2D eigenvalue weighted by Gasteiger charge is 2.16. The molecule has 2 amide bonds. The maximum Gasteiger partial charge on any atom is 0.259 e. The summed E-state index contributed by atoms with van der Waals surface area (Å²) in [5.41, 5.74) is 2.48. The first-order chi connectivity index (χ1) is 12.9. The number of anilines is 2. The number of ketones is 1. The second kappa shape index (κ2) is 7.92. The summed E-state index contributed by atoms with van der Waals surface area (Å²) < 4.78 is 0. The zero-order valence-corrected chi connectivity index (χ0v) is 15.6. The molecular weight excluding hydrogens is 362 g/mol. The summed E-state index contributed by atoms with van der Waals surface area (Å²) in [7, 11) is 0. The van der Waals surface area contributed by atoms with Crippen LogP contribution in [-0.2, 0) is 0 Å². The van der Waals surface area contributed by atoms with Crippen molar-refractivity contribution in [3.05, 3.63) is 76.3 Å². The number of benzene rings is 2. The molecule has 0 aliphatic heterocycles. The molecule has 0 saturated carbocycles. The van der Waals surface area contributed by atoms with Crippen molar-refractivity contribution in [3.8, 4) is 0 Å². The van der Waals surface area contributed by atoms with Gasteiger partial charge in [-0.1, -0.05) is 29.8 Å². The highest BCUT2D eigenvalue weighted by molar-refractivity contribution is 7.14. The first kappa shape index (κ1) is 18.5. The van der Waals surface area contributed by atoms with Gasteiger partial charge in [0.15, 0.2) is 10.9 Å². The van der Waals surface area contributed by atoms with Gasteiger partial charge in [0.05, 0.1) is 11.3 Å². The van der Waals surface area contributed by atoms with Crippen LogP contribution >= 0.6 is 11.3 Å². The number of thiazole rings is 1. The molecule has 2 N–H and O–H groups in total. The summed E-state index contributed by atoms with van der Waals surface area (Å²) in [6.45, 7) is 3.32. The number of carbonyl (C=O) groups excluding carboxylic acids is 3. The van der Waals surface area contributed by atoms with Gasteiger partial charge in [-0.25, -0.2) is 4.98 Å². The predicted octanol–water partition coefficient (Wildman–Crippen LogP) is 4.16. The molecule has 0 aliphatic carbocycles. The topological polar surface area (TPSA) is 88.2 Å². The van der Waals surface area contributed by atoms with Crippen molar-refractivity contribution >= 4 is 39.8 Å². The molecule has 1 heterocycles. The average molecular weight is 379 g/mol. The van der Waals surface area contributed by atoms with E-state index < -0.39 is 5.91 Å². The quantitative estimate of drug-likeness (QED) is 0.652. The molecule has 1 aromatic heterocycles. The minimum atomic E-state index is -0.417. The lowest BCUT2D eigenvalue weighted by Crippen LogP contribution is -2.18. The number of hydrogen-bond donors (Lipinski definition) is 2. The van der Waals surface area contributed by atoms with Crippen molar-refractivity contribution in [2.75, 3.05) is 10.6 Å². The standard InChI is InChI=1S/C20H17N3O3S/c1-12-6-5-7-14(10-12)18(25)21-16-9-4-3-8-15(16)19(26)23-20-22-17(11-27-20)13(2)24/h3-11H,1-2H3,(H,21,25)(H,22,23,26). The van der Waals surface area contributed by atoms with Crippen molar-refractivity contribution in [3.63, 3.8) is 0 Å². The Bertz CT molecular complexity index is 1030. The molecule has 0 bridgehead atoms. The number of aromatic nitrogens is 1. The van der Waals surface area contributed by atoms with Crippen LogP contribution in [-0.4, -0.2) is 22.6 Å². The smallest absolute Gasteiger partial charge is 0.259 e. The number of Topliss-reactive ketones (excluding diaryl/α,β-unsaturated/α-hetero) is 1. The minimum absolute atomic E-state index is 0.169. The highest BCUT2D eigenvalue weighted by Crippen LogP contribution is 2.21. The molecule has 0 radical (unpaired) electrons. The number of rotatable bonds is 5. The fourth-order valence-electron chi connectivity index (χ4n) is 2.43. The van der Waals surface area contributed by atoms with E-state index in [1.54, 1.807) is 47.8 Å². The first-order valence-electron chi connectivity index (χ1n) is 8.19. The fraction of sp³-hybridized carbons (Fsp3) is 0.100. The SMILES string of the molecule is CC(=O)c1csc(NC(=O)c2ccccc2NC(=O)c2cccc(C)c2)n1. The lowest BCUT2D eigenvalue weighted by atomic mass is 10.1. The predicted molar refractivity (Wildman–Crippen MR) is 106 cm³/mol. The van der Waals surface area contributed by atoms with Gasteiger partial charge in [-0.2, -0.15) is 0 Å². The summed E-state index contributed by atoms with van der Waals surface area (Å²) in [5.74, 6) is -0.885. The molecule has 27 heavy (non-hydrogen) atoms. The fourth-order valence-corrected chi connectivity index (χ4v) is 3.17. The molecule has 0 aliphatic rings. The van der Waals surface area contributed by atoms with Crippen LogP contribution in [0.15, 0.2) is 53.9 Å². The van der Waals surface area contributed by atoms with E-state index in [-0.39, 0.29) is 11.7 Å². The molecule has 6 nitrogen and oxygen atoms in total. The van der Waals surface area contributed by atoms with E-state index in [4.69, 9.17) is 0 Å². The van der Waals surface area contributed by atoms with Crippen LogP contribution in [0.4, 0.5) is 10.8 Å². The Morgan fingerprint density at radius 3 is 2.44 bits per heavy atom. The molecule has 136 valence electrons. The summed E-state index contributed by atoms with van der Waals surface area (Å²) in [6.07, 6.45) is 0. The monoisotopic (exact) mass is 379 g/mol. The van der Waals surface area contributed by atoms with Crippen LogP contribution < -0.4 is 10.6 Å². The van der Waals surface area contributed by atoms with Crippen LogP contribution in [0.25, 0.3) is 0 Å². The Hall–Kier alpha value is -3.32. The largest absolute Gasteiger partial charge is 0.321 e. The summed E-state index contributed by atoms with van der Waals surface area (Å²) in [4.78, 5) is 40.5. The molecular formula is C20H17N3O3S. The number of para-hydroxylation sites is 1. The third kappa shape index (κ3) is 4.45. The molecule has 2 aromatic carbocycles. The number of nitrogens with one attached hydrogen (secondary N) is 2. The zero-order chi connectivity index (χ0) is 19.4. The summed E-state index contributed by atoms with van der Waals surface area (Å²) >= 11 is 1.17. The molecule has 0 fully saturated rings. The second-order valence-corrected chi connectivity index (χ2v) is 6.78. The lowest BCUT2D eigenvalue weighted by Gasteiger charge is -2.11. The van der Waals surface area contributed by atoms with Crippen LogP contribution in [0.5, 0.6) is 0 Å². The number of nitrogens with zero attached hydrogens (tertiary/aromatic N) is 1. The van der Waals surface area contributed by atoms with Crippen LogP contribution in [0.2, 0.25) is 0 Å². The van der Waals surface area contributed by atoms with Crippen LogP contribution in [0.1, 0.15) is 43.7 Å². The Labute approximate surface area is 160 Å². The average Bonchev–Trinajstić information content (AvgIpc) is 3.11. The van der Waals surface area contributed by atoms with Crippen LogP contribution in [0, 0.1) is 6.92 Å². The Morgan fingerprint density at radius 2 is 1.74 bits per heavy atom. The molecule has 7 heteroatoms. The number of amides is 2. The van der Waals surface area contributed by atoms with Gasteiger partial charge in [-0.15, -0.1) is 11.3 Å². The minimum Gasteiger partial charge on any atom is -0.321 e. The van der Waals surface area contributed by atoms with Gasteiger partial charge in [-0.3, -0.25) is 19.7 Å². The number of hydrogen-bond acceptors (Lipinski definition) is 5. The number of aryl methyl sites for hydroxylation is 1. The third-order valence-electron chi connectivity index (χ3n) is 3.79. The Morgan fingerprint density at radius 1 is 0.963 bits per heavy atom. The molecule has 0 saturated heterocycles. The van der Waals surface area contributed by atoms with Crippen molar-refractivity contribution < 1.29 is 14.4 Å². The molecule has 0 spiro atoms.